The molecule has 7 nitrogen and oxygen atoms in total. The van der Waals surface area contributed by atoms with Gasteiger partial charge in [-0.1, -0.05) is 50.1 Å². The predicted octanol–water partition coefficient (Wildman–Crippen LogP) is 4.93. The molecule has 0 spiro atoms. The van der Waals surface area contributed by atoms with E-state index in [1.54, 1.807) is 38.5 Å². The van der Waals surface area contributed by atoms with Crippen molar-refractivity contribution in [3.05, 3.63) is 59.7 Å². The molecule has 0 aliphatic heterocycles. The quantitative estimate of drug-likeness (QED) is 0.295. The first-order valence-electron chi connectivity index (χ1n) is 12.5. The number of aliphatic hydroxyl groups excluding tert-OH is 1. The van der Waals surface area contributed by atoms with E-state index in [1.165, 1.54) is 0 Å². The summed E-state index contributed by atoms with van der Waals surface area (Å²) >= 11 is 0. The maximum atomic E-state index is 13.6. The number of aliphatic hydroxyl groups is 1. The van der Waals surface area contributed by atoms with Crippen LogP contribution in [0.25, 0.3) is 0 Å². The van der Waals surface area contributed by atoms with Gasteiger partial charge in [-0.2, -0.15) is 0 Å². The summed E-state index contributed by atoms with van der Waals surface area (Å²) in [6, 6.07) is 14.5. The van der Waals surface area contributed by atoms with Crippen LogP contribution in [0.2, 0.25) is 0 Å². The van der Waals surface area contributed by atoms with E-state index in [-0.39, 0.29) is 36.7 Å². The van der Waals surface area contributed by atoms with E-state index in [4.69, 9.17) is 18.9 Å². The summed E-state index contributed by atoms with van der Waals surface area (Å²) in [5.41, 5.74) is 1.99. The summed E-state index contributed by atoms with van der Waals surface area (Å²) in [6.07, 6.45) is 0.796. The number of benzene rings is 2. The molecule has 1 N–H and O–H groups in total. The fourth-order valence-corrected chi connectivity index (χ4v) is 6.07. The summed E-state index contributed by atoms with van der Waals surface area (Å²) in [6.45, 7) is 6.61. The highest BCUT2D eigenvalue weighted by atomic mass is 32.2. The van der Waals surface area contributed by atoms with Crippen molar-refractivity contribution in [2.75, 3.05) is 27.6 Å². The van der Waals surface area contributed by atoms with Crippen LogP contribution in [0.15, 0.2) is 53.4 Å². The highest BCUT2D eigenvalue weighted by molar-refractivity contribution is 7.92. The van der Waals surface area contributed by atoms with Gasteiger partial charge in [-0.25, -0.2) is 8.42 Å². The van der Waals surface area contributed by atoms with Gasteiger partial charge in [0.25, 0.3) is 0 Å². The third-order valence-electron chi connectivity index (χ3n) is 6.32. The molecule has 8 heteroatoms. The van der Waals surface area contributed by atoms with Gasteiger partial charge < -0.3 is 24.1 Å². The van der Waals surface area contributed by atoms with Crippen molar-refractivity contribution in [1.29, 1.82) is 0 Å². The third kappa shape index (κ3) is 9.48. The Kier molecular flexibility index (Phi) is 12.9. The molecule has 0 heterocycles. The molecule has 36 heavy (non-hydrogen) atoms. The van der Waals surface area contributed by atoms with Crippen LogP contribution in [-0.4, -0.2) is 58.6 Å². The molecule has 4 atom stereocenters. The number of ether oxygens (including phenoxy) is 4. The van der Waals surface area contributed by atoms with Gasteiger partial charge in [-0.3, -0.25) is 0 Å². The summed E-state index contributed by atoms with van der Waals surface area (Å²) in [4.78, 5) is 0.277. The number of methoxy groups -OCH3 is 2. The Labute approximate surface area is 216 Å². The van der Waals surface area contributed by atoms with Crippen LogP contribution in [-0.2, 0) is 30.7 Å². The van der Waals surface area contributed by atoms with E-state index in [0.717, 1.165) is 23.3 Å². The molecule has 1 unspecified atom stereocenters. The maximum Gasteiger partial charge on any atom is 0.181 e. The van der Waals surface area contributed by atoms with E-state index >= 15 is 0 Å². The van der Waals surface area contributed by atoms with Gasteiger partial charge in [-0.15, -0.1) is 0 Å². The second kappa shape index (κ2) is 15.3. The molecule has 0 aromatic heterocycles. The second-order valence-electron chi connectivity index (χ2n) is 9.35. The minimum atomic E-state index is -3.65. The lowest BCUT2D eigenvalue weighted by atomic mass is 9.96. The molecule has 0 bridgehead atoms. The second-order valence-corrected chi connectivity index (χ2v) is 11.6. The SMILES string of the molecule is CCC[C@@H](O)CC(C[C@@H](C)[C@@H](COCc1ccc(OC)cc1)OCOC)S(=O)(=O)c1ccc(C)cc1. The summed E-state index contributed by atoms with van der Waals surface area (Å²) in [5.74, 6) is 0.620. The van der Waals surface area contributed by atoms with Crippen molar-refractivity contribution in [2.24, 2.45) is 5.92 Å². The average Bonchev–Trinajstić information content (AvgIpc) is 2.86. The van der Waals surface area contributed by atoms with Crippen molar-refractivity contribution >= 4 is 9.84 Å². The zero-order valence-electron chi connectivity index (χ0n) is 22.2. The Morgan fingerprint density at radius 2 is 1.64 bits per heavy atom. The zero-order valence-corrected chi connectivity index (χ0v) is 23.0. The highest BCUT2D eigenvalue weighted by Crippen LogP contribution is 2.28. The van der Waals surface area contributed by atoms with Gasteiger partial charge in [0.05, 0.1) is 42.7 Å². The Balaban J connectivity index is 2.14. The van der Waals surface area contributed by atoms with Crippen LogP contribution >= 0.6 is 0 Å². The maximum absolute atomic E-state index is 13.6. The zero-order chi connectivity index (χ0) is 26.6. The molecule has 0 aliphatic carbocycles. The summed E-state index contributed by atoms with van der Waals surface area (Å²) < 4.78 is 49.3. The lowest BCUT2D eigenvalue weighted by molar-refractivity contribution is -0.117. The van der Waals surface area contributed by atoms with Crippen molar-refractivity contribution < 1.29 is 32.5 Å². The van der Waals surface area contributed by atoms with E-state index in [9.17, 15) is 13.5 Å². The fourth-order valence-electron chi connectivity index (χ4n) is 4.14. The van der Waals surface area contributed by atoms with Crippen LogP contribution in [0, 0.1) is 12.8 Å². The van der Waals surface area contributed by atoms with Gasteiger partial charge in [0, 0.05) is 7.11 Å². The minimum Gasteiger partial charge on any atom is -0.497 e. The third-order valence-corrected chi connectivity index (χ3v) is 8.52. The Bertz CT molecular complexity index is 974. The molecule has 2 aromatic carbocycles. The van der Waals surface area contributed by atoms with Crippen LogP contribution in [0.4, 0.5) is 0 Å². The van der Waals surface area contributed by atoms with Crippen molar-refractivity contribution in [1.82, 2.24) is 0 Å². The Morgan fingerprint density at radius 1 is 0.972 bits per heavy atom. The van der Waals surface area contributed by atoms with E-state index < -0.39 is 21.2 Å². The number of hydrogen-bond donors (Lipinski definition) is 1. The van der Waals surface area contributed by atoms with Crippen LogP contribution in [0.5, 0.6) is 5.75 Å². The van der Waals surface area contributed by atoms with E-state index in [1.807, 2.05) is 45.0 Å². The van der Waals surface area contributed by atoms with Gasteiger partial charge in [0.1, 0.15) is 12.5 Å². The van der Waals surface area contributed by atoms with Crippen molar-refractivity contribution in [3.8, 4) is 5.75 Å². The number of aryl methyl sites for hydroxylation is 1. The molecule has 202 valence electrons. The topological polar surface area (TPSA) is 91.3 Å². The van der Waals surface area contributed by atoms with Crippen molar-refractivity contribution in [2.45, 2.75) is 75.4 Å². The summed E-state index contributed by atoms with van der Waals surface area (Å²) in [5, 5.41) is 9.78. The monoisotopic (exact) mass is 522 g/mol. The lowest BCUT2D eigenvalue weighted by Crippen LogP contribution is -2.35. The first kappa shape index (κ1) is 30.3. The minimum absolute atomic E-state index is 0.0781. The van der Waals surface area contributed by atoms with Crippen LogP contribution in [0.3, 0.4) is 0 Å². The Morgan fingerprint density at radius 3 is 2.22 bits per heavy atom. The molecule has 0 saturated heterocycles. The smallest absolute Gasteiger partial charge is 0.181 e. The molecule has 0 fully saturated rings. The van der Waals surface area contributed by atoms with E-state index in [0.29, 0.717) is 19.4 Å². The highest BCUT2D eigenvalue weighted by Gasteiger charge is 2.33. The standard InChI is InChI=1S/C28H42O7S/c1-6-7-24(29)17-27(36(30,31)26-14-8-21(2)9-15-26)16-22(3)28(35-20-32-4)19-34-18-23-10-12-25(33-5)13-11-23/h8-15,22,24,27-29H,6-7,16-20H2,1-5H3/t22-,24-,27?,28-/m1/s1. The molecule has 0 saturated carbocycles. The van der Waals surface area contributed by atoms with Gasteiger partial charge in [-0.05, 0) is 61.9 Å². The average molecular weight is 523 g/mol. The summed E-state index contributed by atoms with van der Waals surface area (Å²) in [7, 11) is -0.479. The van der Waals surface area contributed by atoms with E-state index in [2.05, 4.69) is 0 Å². The lowest BCUT2D eigenvalue weighted by Gasteiger charge is -2.29. The molecule has 2 rings (SSSR count). The fraction of sp³-hybridized carbons (Fsp3) is 0.571. The molecule has 0 radical (unpaired) electrons. The number of rotatable bonds is 17. The van der Waals surface area contributed by atoms with Crippen LogP contribution in [0.1, 0.15) is 50.7 Å². The molecule has 0 aliphatic rings. The normalized spacial score (nSPS) is 15.3. The predicted molar refractivity (Wildman–Crippen MR) is 141 cm³/mol. The van der Waals surface area contributed by atoms with Crippen molar-refractivity contribution in [3.63, 3.8) is 0 Å². The molecular formula is C28H42O7S. The molecule has 2 aromatic rings. The first-order valence-corrected chi connectivity index (χ1v) is 14.1. The first-order chi connectivity index (χ1) is 17.2. The van der Waals surface area contributed by atoms with Gasteiger partial charge in [0.15, 0.2) is 9.84 Å². The van der Waals surface area contributed by atoms with Crippen LogP contribution < -0.4 is 4.74 Å². The van der Waals surface area contributed by atoms with Gasteiger partial charge >= 0.3 is 0 Å². The Hall–Kier alpha value is -1.97. The number of hydrogen-bond acceptors (Lipinski definition) is 7. The molecule has 0 amide bonds. The molecular weight excluding hydrogens is 480 g/mol. The van der Waals surface area contributed by atoms with Gasteiger partial charge in [0.2, 0.25) is 0 Å². The largest absolute Gasteiger partial charge is 0.497 e. The number of sulfone groups is 1.